The summed E-state index contributed by atoms with van der Waals surface area (Å²) in [6.07, 6.45) is 2.03. The van der Waals surface area contributed by atoms with Gasteiger partial charge in [-0.05, 0) is 24.6 Å². The lowest BCUT2D eigenvalue weighted by molar-refractivity contribution is -0.139. The maximum atomic E-state index is 10.4. The maximum Gasteiger partial charge on any atom is 0.341 e. The number of ether oxygens (including phenoxy) is 1. The number of carboxylic acids is 1. The Hall–Kier alpha value is -1.97. The Balaban J connectivity index is 2.36. The molecule has 84 valence electrons. The minimum Gasteiger partial charge on any atom is -0.482 e. The van der Waals surface area contributed by atoms with Gasteiger partial charge in [-0.1, -0.05) is 0 Å². The number of benzene rings is 1. The monoisotopic (exact) mass is 219 g/mol. The number of hydrogen-bond acceptors (Lipinski definition) is 2. The Morgan fingerprint density at radius 1 is 1.50 bits per heavy atom. The average Bonchev–Trinajstić information content (AvgIpc) is 2.52. The number of nitrogens with zero attached hydrogens (tertiary/aromatic N) is 1. The van der Waals surface area contributed by atoms with Crippen molar-refractivity contribution in [1.82, 2.24) is 4.57 Å². The van der Waals surface area contributed by atoms with Crippen molar-refractivity contribution in [3.05, 3.63) is 30.0 Å². The van der Waals surface area contributed by atoms with Gasteiger partial charge in [0.2, 0.25) is 0 Å². The van der Waals surface area contributed by atoms with Gasteiger partial charge in [-0.3, -0.25) is 0 Å². The smallest absolute Gasteiger partial charge is 0.341 e. The number of carbonyl (C=O) groups is 1. The molecule has 0 atom stereocenters. The van der Waals surface area contributed by atoms with E-state index in [1.807, 2.05) is 36.9 Å². The van der Waals surface area contributed by atoms with Crippen LogP contribution in [-0.4, -0.2) is 22.2 Å². The molecule has 1 aromatic carbocycles. The fourth-order valence-corrected chi connectivity index (χ4v) is 1.80. The fraction of sp³-hybridized carbons (Fsp3) is 0.250. The molecule has 0 saturated heterocycles. The molecule has 4 heteroatoms. The molecule has 0 aliphatic carbocycles. The Morgan fingerprint density at radius 2 is 2.25 bits per heavy atom. The maximum absolute atomic E-state index is 10.4. The lowest BCUT2D eigenvalue weighted by Gasteiger charge is -2.04. The zero-order valence-corrected chi connectivity index (χ0v) is 9.23. The summed E-state index contributed by atoms with van der Waals surface area (Å²) in [5, 5.41) is 9.67. The molecular formula is C12H13NO3. The number of fused-ring (bicyclic) bond motifs is 1. The summed E-state index contributed by atoms with van der Waals surface area (Å²) in [4.78, 5) is 10.4. The van der Waals surface area contributed by atoms with Crippen molar-refractivity contribution in [2.24, 2.45) is 7.05 Å². The molecule has 0 bridgehead atoms. The third-order valence-electron chi connectivity index (χ3n) is 2.52. The molecule has 0 aliphatic rings. The molecule has 2 rings (SSSR count). The first-order valence-corrected chi connectivity index (χ1v) is 4.98. The van der Waals surface area contributed by atoms with Crippen molar-refractivity contribution in [2.75, 3.05) is 6.61 Å². The highest BCUT2D eigenvalue weighted by Crippen LogP contribution is 2.24. The molecule has 0 amide bonds. The van der Waals surface area contributed by atoms with Gasteiger partial charge in [0.05, 0.1) is 5.52 Å². The van der Waals surface area contributed by atoms with Gasteiger partial charge in [-0.25, -0.2) is 4.79 Å². The molecule has 4 nitrogen and oxygen atoms in total. The van der Waals surface area contributed by atoms with Crippen LogP contribution in [0.1, 0.15) is 5.56 Å². The van der Waals surface area contributed by atoms with Gasteiger partial charge < -0.3 is 14.4 Å². The van der Waals surface area contributed by atoms with Crippen LogP contribution in [0.15, 0.2) is 24.4 Å². The molecule has 0 saturated carbocycles. The molecule has 0 spiro atoms. The molecule has 0 radical (unpaired) electrons. The van der Waals surface area contributed by atoms with Gasteiger partial charge in [-0.15, -0.1) is 0 Å². The van der Waals surface area contributed by atoms with Crippen LogP contribution in [0.5, 0.6) is 5.75 Å². The second-order valence-corrected chi connectivity index (χ2v) is 3.78. The van der Waals surface area contributed by atoms with Gasteiger partial charge in [0.25, 0.3) is 0 Å². The minimum absolute atomic E-state index is 0.311. The summed E-state index contributed by atoms with van der Waals surface area (Å²) in [6.45, 7) is 1.73. The first kappa shape index (κ1) is 10.5. The molecule has 1 N–H and O–H groups in total. The zero-order chi connectivity index (χ0) is 11.7. The Bertz CT molecular complexity index is 542. The molecule has 1 aromatic heterocycles. The molecule has 0 fully saturated rings. The number of rotatable bonds is 3. The molecular weight excluding hydrogens is 206 g/mol. The van der Waals surface area contributed by atoms with Crippen molar-refractivity contribution in [2.45, 2.75) is 6.92 Å². The second-order valence-electron chi connectivity index (χ2n) is 3.78. The van der Waals surface area contributed by atoms with E-state index in [2.05, 4.69) is 0 Å². The van der Waals surface area contributed by atoms with E-state index in [1.54, 1.807) is 6.07 Å². The van der Waals surface area contributed by atoms with Crippen LogP contribution in [0, 0.1) is 6.92 Å². The summed E-state index contributed by atoms with van der Waals surface area (Å²) in [6, 6.07) is 5.59. The number of hydrogen-bond donors (Lipinski definition) is 1. The van der Waals surface area contributed by atoms with E-state index in [1.165, 1.54) is 5.56 Å². The highest BCUT2D eigenvalue weighted by Gasteiger charge is 2.05. The van der Waals surface area contributed by atoms with E-state index >= 15 is 0 Å². The van der Waals surface area contributed by atoms with E-state index in [9.17, 15) is 4.79 Å². The van der Waals surface area contributed by atoms with E-state index in [0.29, 0.717) is 5.75 Å². The average molecular weight is 219 g/mol. The molecule has 0 aliphatic heterocycles. The number of aromatic nitrogens is 1. The topological polar surface area (TPSA) is 51.5 Å². The Labute approximate surface area is 93.1 Å². The third-order valence-corrected chi connectivity index (χ3v) is 2.52. The standard InChI is InChI=1S/C12H13NO3/c1-8-6-13(2)11-5-9(3-4-10(8)11)16-7-12(14)15/h3-6H,7H2,1-2H3,(H,14,15). The van der Waals surface area contributed by atoms with Crippen molar-refractivity contribution in [3.8, 4) is 5.75 Å². The number of aliphatic carboxylic acids is 1. The van der Waals surface area contributed by atoms with Gasteiger partial charge in [0, 0.05) is 24.7 Å². The number of aryl methyl sites for hydroxylation is 2. The Kier molecular flexibility index (Phi) is 2.56. The lowest BCUT2D eigenvalue weighted by Crippen LogP contribution is -2.09. The van der Waals surface area contributed by atoms with E-state index in [4.69, 9.17) is 9.84 Å². The second kappa shape index (κ2) is 3.89. The van der Waals surface area contributed by atoms with Crippen LogP contribution in [0.2, 0.25) is 0 Å². The highest BCUT2D eigenvalue weighted by atomic mass is 16.5. The van der Waals surface area contributed by atoms with Crippen LogP contribution in [0.25, 0.3) is 10.9 Å². The Morgan fingerprint density at radius 3 is 2.94 bits per heavy atom. The minimum atomic E-state index is -0.969. The number of carboxylic acid groups (broad SMARTS) is 1. The van der Waals surface area contributed by atoms with Gasteiger partial charge in [0.15, 0.2) is 6.61 Å². The van der Waals surface area contributed by atoms with E-state index in [0.717, 1.165) is 10.9 Å². The van der Waals surface area contributed by atoms with Crippen molar-refractivity contribution < 1.29 is 14.6 Å². The van der Waals surface area contributed by atoms with Crippen LogP contribution < -0.4 is 4.74 Å². The largest absolute Gasteiger partial charge is 0.482 e. The molecule has 1 heterocycles. The predicted molar refractivity (Wildman–Crippen MR) is 60.8 cm³/mol. The SMILES string of the molecule is Cc1cn(C)c2cc(OCC(=O)O)ccc12. The lowest BCUT2D eigenvalue weighted by atomic mass is 10.2. The van der Waals surface area contributed by atoms with Crippen molar-refractivity contribution in [1.29, 1.82) is 0 Å². The zero-order valence-electron chi connectivity index (χ0n) is 9.23. The summed E-state index contributed by atoms with van der Waals surface area (Å²) in [7, 11) is 1.95. The van der Waals surface area contributed by atoms with Gasteiger partial charge in [0.1, 0.15) is 5.75 Å². The normalized spacial score (nSPS) is 10.6. The molecule has 2 aromatic rings. The van der Waals surface area contributed by atoms with E-state index < -0.39 is 5.97 Å². The first-order valence-electron chi connectivity index (χ1n) is 4.98. The van der Waals surface area contributed by atoms with Crippen molar-refractivity contribution in [3.63, 3.8) is 0 Å². The van der Waals surface area contributed by atoms with Crippen LogP contribution in [0.3, 0.4) is 0 Å². The predicted octanol–water partition coefficient (Wildman–Crippen LogP) is 1.95. The van der Waals surface area contributed by atoms with Crippen LogP contribution in [0.4, 0.5) is 0 Å². The third kappa shape index (κ3) is 1.86. The van der Waals surface area contributed by atoms with Crippen molar-refractivity contribution >= 4 is 16.9 Å². The summed E-state index contributed by atoms with van der Waals surface area (Å²) in [5.74, 6) is -0.390. The quantitative estimate of drug-likeness (QED) is 0.858. The molecule has 0 unspecified atom stereocenters. The van der Waals surface area contributed by atoms with E-state index in [-0.39, 0.29) is 6.61 Å². The van der Waals surface area contributed by atoms with Crippen LogP contribution in [-0.2, 0) is 11.8 Å². The first-order chi connectivity index (χ1) is 7.58. The highest BCUT2D eigenvalue weighted by molar-refractivity contribution is 5.85. The summed E-state index contributed by atoms with van der Waals surface area (Å²) >= 11 is 0. The summed E-state index contributed by atoms with van der Waals surface area (Å²) in [5.41, 5.74) is 2.24. The van der Waals surface area contributed by atoms with Gasteiger partial charge >= 0.3 is 5.97 Å². The van der Waals surface area contributed by atoms with Gasteiger partial charge in [-0.2, -0.15) is 0 Å². The fourth-order valence-electron chi connectivity index (χ4n) is 1.80. The summed E-state index contributed by atoms with van der Waals surface area (Å²) < 4.78 is 7.13. The van der Waals surface area contributed by atoms with Crippen LogP contribution >= 0.6 is 0 Å². The molecule has 16 heavy (non-hydrogen) atoms.